The third kappa shape index (κ3) is 5.10. The fraction of sp³-hybridized carbons (Fsp3) is 0.250. The summed E-state index contributed by atoms with van der Waals surface area (Å²) in [4.78, 5) is 25.9. The van der Waals surface area contributed by atoms with Crippen molar-refractivity contribution < 1.29 is 14.3 Å². The van der Waals surface area contributed by atoms with Crippen LogP contribution in [0.15, 0.2) is 79.1 Å². The third-order valence-electron chi connectivity index (χ3n) is 6.28. The zero-order valence-corrected chi connectivity index (χ0v) is 19.9. The molecule has 0 saturated heterocycles. The first-order chi connectivity index (χ1) is 17.1. The highest BCUT2D eigenvalue weighted by Crippen LogP contribution is 2.34. The van der Waals surface area contributed by atoms with Gasteiger partial charge in [0.15, 0.2) is 0 Å². The standard InChI is InChI=1S/C28H28N4O3/c1-31(16-20-11-12-23-24(15-20)30-14-13-29-23)28(33)19-32-17-21-7-3-5-9-25(21)35-27(18-32)22-8-4-6-10-26(22)34-2/h3-15,27H,16-19H2,1-2H3/t27-/m0/s1. The summed E-state index contributed by atoms with van der Waals surface area (Å²) in [6.45, 7) is 1.99. The first-order valence-corrected chi connectivity index (χ1v) is 11.6. The van der Waals surface area contributed by atoms with Crippen molar-refractivity contribution in [1.82, 2.24) is 19.8 Å². The number of aromatic nitrogens is 2. The Morgan fingerprint density at radius 1 is 1.06 bits per heavy atom. The number of para-hydroxylation sites is 2. The Hall–Kier alpha value is -3.97. The molecule has 7 heteroatoms. The Morgan fingerprint density at radius 3 is 2.69 bits per heavy atom. The number of fused-ring (bicyclic) bond motifs is 2. The van der Waals surface area contributed by atoms with Gasteiger partial charge < -0.3 is 14.4 Å². The van der Waals surface area contributed by atoms with E-state index < -0.39 is 0 Å². The number of hydrogen-bond donors (Lipinski definition) is 0. The minimum atomic E-state index is -0.257. The Kier molecular flexibility index (Phi) is 6.59. The maximum absolute atomic E-state index is 13.3. The van der Waals surface area contributed by atoms with Gasteiger partial charge in [-0.2, -0.15) is 0 Å². The van der Waals surface area contributed by atoms with Gasteiger partial charge in [-0.3, -0.25) is 19.7 Å². The van der Waals surface area contributed by atoms with Crippen LogP contribution in [0.4, 0.5) is 0 Å². The van der Waals surface area contributed by atoms with Gasteiger partial charge in [-0.05, 0) is 29.8 Å². The van der Waals surface area contributed by atoms with E-state index in [-0.39, 0.29) is 18.6 Å². The highest BCUT2D eigenvalue weighted by atomic mass is 16.5. The molecule has 7 nitrogen and oxygen atoms in total. The first-order valence-electron chi connectivity index (χ1n) is 11.6. The third-order valence-corrected chi connectivity index (χ3v) is 6.28. The summed E-state index contributed by atoms with van der Waals surface area (Å²) in [6.07, 6.45) is 3.10. The summed E-state index contributed by atoms with van der Waals surface area (Å²) in [6, 6.07) is 21.8. The van der Waals surface area contributed by atoms with Crippen molar-refractivity contribution in [2.24, 2.45) is 0 Å². The molecule has 178 valence electrons. The molecule has 0 spiro atoms. The molecule has 0 aliphatic carbocycles. The topological polar surface area (TPSA) is 67.8 Å². The zero-order chi connectivity index (χ0) is 24.2. The van der Waals surface area contributed by atoms with Gasteiger partial charge in [0.25, 0.3) is 0 Å². The van der Waals surface area contributed by atoms with Crippen LogP contribution in [0.25, 0.3) is 11.0 Å². The van der Waals surface area contributed by atoms with E-state index in [1.54, 1.807) is 24.4 Å². The van der Waals surface area contributed by atoms with Gasteiger partial charge in [0.05, 0.1) is 24.7 Å². The molecule has 0 N–H and O–H groups in total. The normalized spacial score (nSPS) is 15.7. The molecule has 1 aromatic heterocycles. The maximum Gasteiger partial charge on any atom is 0.236 e. The van der Waals surface area contributed by atoms with E-state index in [1.165, 1.54) is 0 Å². The predicted octanol–water partition coefficient (Wildman–Crippen LogP) is 4.23. The molecule has 5 rings (SSSR count). The van der Waals surface area contributed by atoms with Crippen molar-refractivity contribution in [3.05, 3.63) is 95.8 Å². The van der Waals surface area contributed by atoms with Gasteiger partial charge in [-0.15, -0.1) is 0 Å². The summed E-state index contributed by atoms with van der Waals surface area (Å²) in [5.74, 6) is 1.66. The molecule has 4 aromatic rings. The average Bonchev–Trinajstić information content (AvgIpc) is 3.07. The molecule has 1 atom stereocenters. The van der Waals surface area contributed by atoms with E-state index in [4.69, 9.17) is 9.47 Å². The minimum absolute atomic E-state index is 0.0439. The molecular formula is C28H28N4O3. The van der Waals surface area contributed by atoms with E-state index in [0.717, 1.165) is 39.2 Å². The van der Waals surface area contributed by atoms with Crippen molar-refractivity contribution in [1.29, 1.82) is 0 Å². The molecule has 1 aliphatic heterocycles. The van der Waals surface area contributed by atoms with Crippen LogP contribution in [0.1, 0.15) is 22.8 Å². The SMILES string of the molecule is COc1ccccc1[C@@H]1CN(CC(=O)N(C)Cc2ccc3nccnc3c2)Cc2ccccc2O1. The van der Waals surface area contributed by atoms with Gasteiger partial charge >= 0.3 is 0 Å². The van der Waals surface area contributed by atoms with E-state index in [1.807, 2.05) is 67.7 Å². The van der Waals surface area contributed by atoms with Crippen molar-refractivity contribution in [3.8, 4) is 11.5 Å². The van der Waals surface area contributed by atoms with Crippen LogP contribution < -0.4 is 9.47 Å². The summed E-state index contributed by atoms with van der Waals surface area (Å²) in [5.41, 5.74) is 4.72. The zero-order valence-electron chi connectivity index (χ0n) is 19.9. The fourth-order valence-corrected chi connectivity index (χ4v) is 4.48. The lowest BCUT2D eigenvalue weighted by molar-refractivity contribution is -0.132. The number of methoxy groups -OCH3 is 1. The molecule has 1 aliphatic rings. The molecule has 0 bridgehead atoms. The Balaban J connectivity index is 1.34. The second-order valence-electron chi connectivity index (χ2n) is 8.75. The summed E-state index contributed by atoms with van der Waals surface area (Å²) >= 11 is 0. The van der Waals surface area contributed by atoms with Gasteiger partial charge in [0.1, 0.15) is 17.6 Å². The molecule has 2 heterocycles. The molecule has 3 aromatic carbocycles. The number of rotatable bonds is 6. The van der Waals surface area contributed by atoms with Crippen LogP contribution in [-0.4, -0.2) is 52.9 Å². The number of carbonyl (C=O) groups is 1. The summed E-state index contributed by atoms with van der Waals surface area (Å²) in [5, 5.41) is 0. The highest BCUT2D eigenvalue weighted by Gasteiger charge is 2.28. The maximum atomic E-state index is 13.3. The van der Waals surface area contributed by atoms with Crippen LogP contribution in [0.2, 0.25) is 0 Å². The Bertz CT molecular complexity index is 1340. The molecule has 0 radical (unpaired) electrons. The van der Waals surface area contributed by atoms with E-state index in [0.29, 0.717) is 19.6 Å². The number of benzene rings is 3. The lowest BCUT2D eigenvalue weighted by atomic mass is 10.1. The number of ether oxygens (including phenoxy) is 2. The summed E-state index contributed by atoms with van der Waals surface area (Å²) < 4.78 is 12.0. The van der Waals surface area contributed by atoms with Crippen molar-refractivity contribution in [3.63, 3.8) is 0 Å². The molecule has 0 unspecified atom stereocenters. The molecule has 1 amide bonds. The van der Waals surface area contributed by atoms with Crippen molar-refractivity contribution >= 4 is 16.9 Å². The van der Waals surface area contributed by atoms with Gasteiger partial charge in [0, 0.05) is 50.2 Å². The van der Waals surface area contributed by atoms with Crippen LogP contribution in [-0.2, 0) is 17.9 Å². The van der Waals surface area contributed by atoms with Crippen LogP contribution in [0, 0.1) is 0 Å². The van der Waals surface area contributed by atoms with Gasteiger partial charge in [-0.1, -0.05) is 42.5 Å². The Labute approximate surface area is 204 Å². The van der Waals surface area contributed by atoms with E-state index in [9.17, 15) is 4.79 Å². The molecule has 0 fully saturated rings. The number of likely N-dealkylation sites (N-methyl/N-ethyl adjacent to an activating group) is 1. The number of amides is 1. The largest absolute Gasteiger partial charge is 0.496 e. The molecular weight excluding hydrogens is 440 g/mol. The van der Waals surface area contributed by atoms with Crippen molar-refractivity contribution in [2.45, 2.75) is 19.2 Å². The van der Waals surface area contributed by atoms with Crippen LogP contribution in [0.3, 0.4) is 0 Å². The first kappa shape index (κ1) is 22.8. The number of hydrogen-bond acceptors (Lipinski definition) is 6. The molecule has 0 saturated carbocycles. The van der Waals surface area contributed by atoms with Crippen molar-refractivity contribution in [2.75, 3.05) is 27.2 Å². The number of nitrogens with zero attached hydrogens (tertiary/aromatic N) is 4. The van der Waals surface area contributed by atoms with Gasteiger partial charge in [-0.25, -0.2) is 0 Å². The lowest BCUT2D eigenvalue weighted by Gasteiger charge is -2.27. The van der Waals surface area contributed by atoms with Gasteiger partial charge in [0.2, 0.25) is 5.91 Å². The number of carbonyl (C=O) groups excluding carboxylic acids is 1. The van der Waals surface area contributed by atoms with Crippen LogP contribution in [0.5, 0.6) is 11.5 Å². The Morgan fingerprint density at radius 2 is 1.83 bits per heavy atom. The monoisotopic (exact) mass is 468 g/mol. The quantitative estimate of drug-likeness (QED) is 0.422. The second-order valence-corrected chi connectivity index (χ2v) is 8.75. The van der Waals surface area contributed by atoms with E-state index in [2.05, 4.69) is 20.9 Å². The average molecular weight is 469 g/mol. The fourth-order valence-electron chi connectivity index (χ4n) is 4.48. The highest BCUT2D eigenvalue weighted by molar-refractivity contribution is 5.78. The van der Waals surface area contributed by atoms with Crippen LogP contribution >= 0.6 is 0 Å². The summed E-state index contributed by atoms with van der Waals surface area (Å²) in [7, 11) is 3.50. The molecule has 35 heavy (non-hydrogen) atoms. The smallest absolute Gasteiger partial charge is 0.236 e. The second kappa shape index (κ2) is 10.1. The predicted molar refractivity (Wildman–Crippen MR) is 134 cm³/mol. The lowest BCUT2D eigenvalue weighted by Crippen LogP contribution is -2.39. The minimum Gasteiger partial charge on any atom is -0.496 e. The van der Waals surface area contributed by atoms with E-state index >= 15 is 0 Å².